The third-order valence-electron chi connectivity index (χ3n) is 5.74. The van der Waals surface area contributed by atoms with Gasteiger partial charge in [0.25, 0.3) is 20.0 Å². The van der Waals surface area contributed by atoms with Crippen LogP contribution in [0.1, 0.15) is 17.0 Å². The Morgan fingerprint density at radius 2 is 1.43 bits per heavy atom. The molecule has 0 unspecified atom stereocenters. The van der Waals surface area contributed by atoms with E-state index in [4.69, 9.17) is 0 Å². The average molecular weight is 620 g/mol. The average Bonchev–Trinajstić information content (AvgIpc) is 2.91. The number of anilines is 3. The minimum atomic E-state index is -4.75. The lowest BCUT2D eigenvalue weighted by molar-refractivity contribution is -0.137. The van der Waals surface area contributed by atoms with Gasteiger partial charge in [0.1, 0.15) is 6.54 Å². The van der Waals surface area contributed by atoms with Crippen LogP contribution in [0.25, 0.3) is 0 Å². The summed E-state index contributed by atoms with van der Waals surface area (Å²) in [6, 6.07) is 17.2. The van der Waals surface area contributed by atoms with Gasteiger partial charge in [-0.2, -0.15) is 13.2 Å². The fourth-order valence-electron chi connectivity index (χ4n) is 3.87. The number of aryl methyl sites for hydroxylation is 2. The van der Waals surface area contributed by atoms with Crippen LogP contribution >= 0.6 is 0 Å². The summed E-state index contributed by atoms with van der Waals surface area (Å²) in [6.07, 6.45) is -4.75. The first-order valence-corrected chi connectivity index (χ1v) is 15.1. The molecule has 4 rings (SSSR count). The normalized spacial score (nSPS) is 12.0. The zero-order valence-corrected chi connectivity index (χ0v) is 23.8. The Morgan fingerprint density at radius 1 is 0.810 bits per heavy atom. The van der Waals surface area contributed by atoms with E-state index in [1.54, 1.807) is 26.0 Å². The van der Waals surface area contributed by atoms with Crippen LogP contribution in [0.15, 0.2) is 94.7 Å². The van der Waals surface area contributed by atoms with Crippen LogP contribution < -0.4 is 14.3 Å². The van der Waals surface area contributed by atoms with Gasteiger partial charge >= 0.3 is 6.18 Å². The molecule has 0 spiro atoms. The Hall–Kier alpha value is -4.50. The second-order valence-electron chi connectivity index (χ2n) is 9.03. The van der Waals surface area contributed by atoms with E-state index in [-0.39, 0.29) is 27.1 Å². The van der Waals surface area contributed by atoms with Crippen molar-refractivity contribution in [2.24, 2.45) is 0 Å². The molecule has 0 bridgehead atoms. The van der Waals surface area contributed by atoms with Crippen LogP contribution in [0.5, 0.6) is 0 Å². The summed E-state index contributed by atoms with van der Waals surface area (Å²) in [6.45, 7) is 2.50. The number of nitrogens with one attached hydrogen (secondary N) is 2. The van der Waals surface area contributed by atoms with E-state index in [1.165, 1.54) is 48.5 Å². The summed E-state index contributed by atoms with van der Waals surface area (Å²) < 4.78 is 95.3. The largest absolute Gasteiger partial charge is 0.416 e. The number of amides is 1. The van der Waals surface area contributed by atoms with E-state index in [0.717, 1.165) is 18.2 Å². The maximum Gasteiger partial charge on any atom is 0.416 e. The van der Waals surface area contributed by atoms with Crippen LogP contribution in [-0.4, -0.2) is 39.3 Å². The molecule has 0 saturated carbocycles. The Morgan fingerprint density at radius 3 is 2.02 bits per heavy atom. The second kappa shape index (κ2) is 11.8. The van der Waals surface area contributed by atoms with Crippen molar-refractivity contribution in [3.63, 3.8) is 0 Å². The van der Waals surface area contributed by atoms with Gasteiger partial charge in [-0.05, 0) is 74.5 Å². The van der Waals surface area contributed by atoms with Crippen LogP contribution in [-0.2, 0) is 31.0 Å². The molecule has 0 aliphatic heterocycles. The van der Waals surface area contributed by atoms with Gasteiger partial charge in [0.2, 0.25) is 11.9 Å². The number of hydrogen-bond acceptors (Lipinski definition) is 7. The number of hydrogen-bond donors (Lipinski definition) is 2. The SMILES string of the molecule is Cc1cc(C)nc(NS(=O)(=O)c2ccc(NC(=O)CN(c3cccc(C(F)(F)F)c3)S(=O)(=O)c3ccccc3)cc2)n1. The van der Waals surface area contributed by atoms with E-state index in [2.05, 4.69) is 20.0 Å². The zero-order chi connectivity index (χ0) is 30.7. The zero-order valence-electron chi connectivity index (χ0n) is 22.1. The molecule has 0 radical (unpaired) electrons. The topological polar surface area (TPSA) is 138 Å². The third-order valence-corrected chi connectivity index (χ3v) is 8.87. The minimum Gasteiger partial charge on any atom is -0.325 e. The molecule has 15 heteroatoms. The highest BCUT2D eigenvalue weighted by atomic mass is 32.2. The highest BCUT2D eigenvalue weighted by Gasteiger charge is 2.33. The lowest BCUT2D eigenvalue weighted by Gasteiger charge is -2.25. The van der Waals surface area contributed by atoms with Gasteiger partial charge in [-0.3, -0.25) is 9.10 Å². The summed E-state index contributed by atoms with van der Waals surface area (Å²) >= 11 is 0. The van der Waals surface area contributed by atoms with Gasteiger partial charge in [-0.25, -0.2) is 31.5 Å². The fraction of sp³-hybridized carbons (Fsp3) is 0.148. The number of nitrogens with zero attached hydrogens (tertiary/aromatic N) is 3. The molecule has 3 aromatic carbocycles. The molecule has 0 saturated heterocycles. The van der Waals surface area contributed by atoms with Gasteiger partial charge in [-0.1, -0.05) is 24.3 Å². The molecule has 1 amide bonds. The summed E-state index contributed by atoms with van der Waals surface area (Å²) in [4.78, 5) is 20.6. The number of carbonyl (C=O) groups is 1. The molecule has 220 valence electrons. The molecular weight excluding hydrogens is 595 g/mol. The van der Waals surface area contributed by atoms with Gasteiger partial charge in [-0.15, -0.1) is 0 Å². The van der Waals surface area contributed by atoms with E-state index in [0.29, 0.717) is 21.8 Å². The summed E-state index contributed by atoms with van der Waals surface area (Å²) in [5.74, 6) is -0.997. The van der Waals surface area contributed by atoms with E-state index >= 15 is 0 Å². The molecule has 0 aliphatic carbocycles. The minimum absolute atomic E-state index is 0.112. The molecule has 4 aromatic rings. The number of sulfonamides is 2. The van der Waals surface area contributed by atoms with Gasteiger partial charge in [0.15, 0.2) is 0 Å². The van der Waals surface area contributed by atoms with Crippen LogP contribution in [0.4, 0.5) is 30.5 Å². The Labute approximate surface area is 240 Å². The molecule has 0 aliphatic rings. The predicted molar refractivity (Wildman–Crippen MR) is 150 cm³/mol. The first-order valence-electron chi connectivity index (χ1n) is 12.2. The Kier molecular flexibility index (Phi) is 8.54. The number of aromatic nitrogens is 2. The van der Waals surface area contributed by atoms with Crippen molar-refractivity contribution < 1.29 is 34.8 Å². The van der Waals surface area contributed by atoms with E-state index in [1.807, 2.05) is 0 Å². The quantitative estimate of drug-likeness (QED) is 0.276. The second-order valence-corrected chi connectivity index (χ2v) is 12.6. The number of benzene rings is 3. The van der Waals surface area contributed by atoms with Crippen molar-refractivity contribution in [1.82, 2.24) is 9.97 Å². The van der Waals surface area contributed by atoms with Crippen LogP contribution in [0.2, 0.25) is 0 Å². The number of halogens is 3. The monoisotopic (exact) mass is 619 g/mol. The highest BCUT2D eigenvalue weighted by Crippen LogP contribution is 2.33. The molecule has 1 aromatic heterocycles. The maximum atomic E-state index is 13.4. The fourth-order valence-corrected chi connectivity index (χ4v) is 6.25. The maximum absolute atomic E-state index is 13.4. The number of carbonyl (C=O) groups excluding carboxylic acids is 1. The predicted octanol–water partition coefficient (Wildman–Crippen LogP) is 4.75. The lowest BCUT2D eigenvalue weighted by atomic mass is 10.2. The number of rotatable bonds is 9. The van der Waals surface area contributed by atoms with Crippen molar-refractivity contribution in [2.45, 2.75) is 29.8 Å². The smallest absolute Gasteiger partial charge is 0.325 e. The first-order chi connectivity index (χ1) is 19.6. The van der Waals surface area contributed by atoms with Crippen LogP contribution in [0, 0.1) is 13.8 Å². The summed E-state index contributed by atoms with van der Waals surface area (Å²) in [5, 5.41) is 2.45. The highest BCUT2D eigenvalue weighted by molar-refractivity contribution is 7.93. The summed E-state index contributed by atoms with van der Waals surface area (Å²) in [5.41, 5.74) is -0.226. The Balaban J connectivity index is 1.56. The van der Waals surface area contributed by atoms with Gasteiger partial charge < -0.3 is 5.32 Å². The van der Waals surface area contributed by atoms with Gasteiger partial charge in [0.05, 0.1) is 21.0 Å². The molecule has 2 N–H and O–H groups in total. The van der Waals surface area contributed by atoms with Gasteiger partial charge in [0, 0.05) is 17.1 Å². The van der Waals surface area contributed by atoms with Crippen molar-refractivity contribution in [2.75, 3.05) is 20.9 Å². The molecular formula is C27H24F3N5O5S2. The molecule has 10 nitrogen and oxygen atoms in total. The molecule has 0 fully saturated rings. The van der Waals surface area contributed by atoms with Crippen molar-refractivity contribution in [3.05, 3.63) is 102 Å². The van der Waals surface area contributed by atoms with E-state index in [9.17, 15) is 34.8 Å². The summed E-state index contributed by atoms with van der Waals surface area (Å²) in [7, 11) is -8.54. The Bertz CT molecular complexity index is 1800. The molecule has 0 atom stereocenters. The lowest BCUT2D eigenvalue weighted by Crippen LogP contribution is -2.38. The van der Waals surface area contributed by atoms with Crippen LogP contribution in [0.3, 0.4) is 0 Å². The third kappa shape index (κ3) is 7.22. The molecule has 42 heavy (non-hydrogen) atoms. The molecule has 1 heterocycles. The van der Waals surface area contributed by atoms with Crippen molar-refractivity contribution in [1.29, 1.82) is 0 Å². The van der Waals surface area contributed by atoms with Crippen molar-refractivity contribution >= 4 is 43.3 Å². The first kappa shape index (κ1) is 30.5. The number of alkyl halides is 3. The van der Waals surface area contributed by atoms with E-state index < -0.39 is 44.2 Å². The standard InChI is InChI=1S/C27H24F3N5O5S2/c1-18-15-19(2)32-26(31-18)34-41(37,38)23-13-11-21(12-14-23)33-25(36)17-35(42(39,40)24-9-4-3-5-10-24)22-8-6-7-20(16-22)27(28,29)30/h3-16H,17H2,1-2H3,(H,33,36)(H,31,32,34). The van der Waals surface area contributed by atoms with Crippen molar-refractivity contribution in [3.8, 4) is 0 Å².